The SMILES string of the molecule is CCN1CC(C(=O)NCc2nc(C(=O)O)cs2)CC1=O. The lowest BCUT2D eigenvalue weighted by molar-refractivity contribution is -0.128. The Balaban J connectivity index is 1.86. The van der Waals surface area contributed by atoms with E-state index in [2.05, 4.69) is 10.3 Å². The van der Waals surface area contributed by atoms with Crippen LogP contribution in [-0.2, 0) is 16.1 Å². The Kier molecular flexibility index (Phi) is 4.33. The van der Waals surface area contributed by atoms with Gasteiger partial charge in [0.25, 0.3) is 0 Å². The number of carboxylic acids is 1. The largest absolute Gasteiger partial charge is 0.476 e. The van der Waals surface area contributed by atoms with Crippen molar-refractivity contribution >= 4 is 29.1 Å². The van der Waals surface area contributed by atoms with Gasteiger partial charge >= 0.3 is 5.97 Å². The van der Waals surface area contributed by atoms with Crippen molar-refractivity contribution in [2.24, 2.45) is 5.92 Å². The van der Waals surface area contributed by atoms with E-state index in [4.69, 9.17) is 5.11 Å². The quantitative estimate of drug-likeness (QED) is 0.815. The van der Waals surface area contributed by atoms with E-state index in [1.54, 1.807) is 4.90 Å². The minimum absolute atomic E-state index is 0.00457. The highest BCUT2D eigenvalue weighted by Crippen LogP contribution is 2.18. The summed E-state index contributed by atoms with van der Waals surface area (Å²) in [6.07, 6.45) is 0.234. The molecular formula is C12H15N3O4S. The molecule has 1 unspecified atom stereocenters. The standard InChI is InChI=1S/C12H15N3O4S/c1-2-15-5-7(3-10(15)16)11(17)13-4-9-14-8(6-20-9)12(18)19/h6-7H,2-5H2,1H3,(H,13,17)(H,18,19). The maximum absolute atomic E-state index is 11.9. The summed E-state index contributed by atoms with van der Waals surface area (Å²) >= 11 is 1.18. The molecule has 8 heteroatoms. The number of carbonyl (C=O) groups is 3. The van der Waals surface area contributed by atoms with Crippen LogP contribution in [0.5, 0.6) is 0 Å². The van der Waals surface area contributed by atoms with Gasteiger partial charge in [0.15, 0.2) is 5.69 Å². The van der Waals surface area contributed by atoms with E-state index in [1.165, 1.54) is 16.7 Å². The summed E-state index contributed by atoms with van der Waals surface area (Å²) in [7, 11) is 0. The van der Waals surface area contributed by atoms with E-state index in [1.807, 2.05) is 6.92 Å². The van der Waals surface area contributed by atoms with Gasteiger partial charge in [0.2, 0.25) is 11.8 Å². The Morgan fingerprint density at radius 2 is 2.35 bits per heavy atom. The molecule has 1 fully saturated rings. The van der Waals surface area contributed by atoms with Crippen molar-refractivity contribution in [1.29, 1.82) is 0 Å². The number of hydrogen-bond donors (Lipinski definition) is 2. The monoisotopic (exact) mass is 297 g/mol. The van der Waals surface area contributed by atoms with Crippen molar-refractivity contribution in [2.45, 2.75) is 19.9 Å². The van der Waals surface area contributed by atoms with E-state index in [0.717, 1.165) is 0 Å². The van der Waals surface area contributed by atoms with Gasteiger partial charge in [0, 0.05) is 24.9 Å². The molecule has 1 saturated heterocycles. The number of carbonyl (C=O) groups excluding carboxylic acids is 2. The summed E-state index contributed by atoms with van der Waals surface area (Å²) < 4.78 is 0. The first kappa shape index (κ1) is 14.4. The van der Waals surface area contributed by atoms with Crippen molar-refractivity contribution in [1.82, 2.24) is 15.2 Å². The molecular weight excluding hydrogens is 282 g/mol. The number of aromatic nitrogens is 1. The molecule has 2 heterocycles. The first-order chi connectivity index (χ1) is 9.51. The van der Waals surface area contributed by atoms with Crippen LogP contribution < -0.4 is 5.32 Å². The lowest BCUT2D eigenvalue weighted by Crippen LogP contribution is -2.32. The first-order valence-electron chi connectivity index (χ1n) is 6.24. The highest BCUT2D eigenvalue weighted by atomic mass is 32.1. The van der Waals surface area contributed by atoms with Gasteiger partial charge in [-0.15, -0.1) is 11.3 Å². The van der Waals surface area contributed by atoms with E-state index in [0.29, 0.717) is 18.1 Å². The smallest absolute Gasteiger partial charge is 0.355 e. The first-order valence-corrected chi connectivity index (χ1v) is 7.12. The van der Waals surface area contributed by atoms with Crippen LogP contribution in [0.2, 0.25) is 0 Å². The topological polar surface area (TPSA) is 99.6 Å². The Bertz CT molecular complexity index is 543. The Morgan fingerprint density at radius 3 is 2.90 bits per heavy atom. The van der Waals surface area contributed by atoms with Crippen molar-refractivity contribution in [3.8, 4) is 0 Å². The fourth-order valence-electron chi connectivity index (χ4n) is 2.05. The van der Waals surface area contributed by atoms with Gasteiger partial charge in [-0.25, -0.2) is 9.78 Å². The van der Waals surface area contributed by atoms with E-state index >= 15 is 0 Å². The predicted molar refractivity (Wildman–Crippen MR) is 71.3 cm³/mol. The minimum Gasteiger partial charge on any atom is -0.476 e. The second-order valence-electron chi connectivity index (χ2n) is 4.48. The number of thiazole rings is 1. The lowest BCUT2D eigenvalue weighted by Gasteiger charge is -2.13. The maximum atomic E-state index is 11.9. The number of aromatic carboxylic acids is 1. The molecule has 0 aromatic carbocycles. The highest BCUT2D eigenvalue weighted by molar-refractivity contribution is 7.09. The number of carboxylic acid groups (broad SMARTS) is 1. The molecule has 2 N–H and O–H groups in total. The molecule has 1 atom stereocenters. The maximum Gasteiger partial charge on any atom is 0.355 e. The van der Waals surface area contributed by atoms with E-state index in [-0.39, 0.29) is 36.4 Å². The Morgan fingerprint density at radius 1 is 1.60 bits per heavy atom. The van der Waals surface area contributed by atoms with E-state index in [9.17, 15) is 14.4 Å². The zero-order valence-electron chi connectivity index (χ0n) is 11.0. The van der Waals surface area contributed by atoms with Crippen LogP contribution in [0.4, 0.5) is 0 Å². The summed E-state index contributed by atoms with van der Waals surface area (Å²) in [6.45, 7) is 3.12. The number of nitrogens with zero attached hydrogens (tertiary/aromatic N) is 2. The summed E-state index contributed by atoms with van der Waals surface area (Å²) in [5, 5.41) is 13.4. The zero-order valence-corrected chi connectivity index (χ0v) is 11.8. The van der Waals surface area contributed by atoms with Crippen LogP contribution in [0.25, 0.3) is 0 Å². The molecule has 0 saturated carbocycles. The Hall–Kier alpha value is -1.96. The van der Waals surface area contributed by atoms with Crippen LogP contribution in [-0.4, -0.2) is 45.9 Å². The second-order valence-corrected chi connectivity index (χ2v) is 5.43. The number of nitrogens with one attached hydrogen (secondary N) is 1. The molecule has 1 aromatic heterocycles. The molecule has 1 aliphatic rings. The number of hydrogen-bond acceptors (Lipinski definition) is 5. The average molecular weight is 297 g/mol. The fraction of sp³-hybridized carbons (Fsp3) is 0.500. The minimum atomic E-state index is -1.08. The van der Waals surface area contributed by atoms with Gasteiger partial charge in [-0.05, 0) is 6.92 Å². The normalized spacial score (nSPS) is 18.4. The second kappa shape index (κ2) is 6.00. The predicted octanol–water partition coefficient (Wildman–Crippen LogP) is 0.326. The molecule has 2 rings (SSSR count). The van der Waals surface area contributed by atoms with E-state index < -0.39 is 5.97 Å². The summed E-state index contributed by atoms with van der Waals surface area (Å²) in [4.78, 5) is 39.7. The van der Waals surface area contributed by atoms with Crippen molar-refractivity contribution in [2.75, 3.05) is 13.1 Å². The van der Waals surface area contributed by atoms with Gasteiger partial charge in [0.1, 0.15) is 5.01 Å². The molecule has 2 amide bonds. The fourth-order valence-corrected chi connectivity index (χ4v) is 2.76. The van der Waals surface area contributed by atoms with Gasteiger partial charge in [-0.2, -0.15) is 0 Å². The third-order valence-corrected chi connectivity index (χ3v) is 4.00. The van der Waals surface area contributed by atoms with Crippen LogP contribution in [0.15, 0.2) is 5.38 Å². The molecule has 20 heavy (non-hydrogen) atoms. The van der Waals surface area contributed by atoms with Gasteiger partial charge < -0.3 is 15.3 Å². The van der Waals surface area contributed by atoms with Crippen LogP contribution >= 0.6 is 11.3 Å². The molecule has 108 valence electrons. The molecule has 7 nitrogen and oxygen atoms in total. The van der Waals surface area contributed by atoms with Crippen molar-refractivity contribution < 1.29 is 19.5 Å². The van der Waals surface area contributed by atoms with Crippen LogP contribution in [0, 0.1) is 5.92 Å². The van der Waals surface area contributed by atoms with Gasteiger partial charge in [-0.3, -0.25) is 9.59 Å². The third-order valence-electron chi connectivity index (χ3n) is 3.15. The number of likely N-dealkylation sites (tertiary alicyclic amines) is 1. The highest BCUT2D eigenvalue weighted by Gasteiger charge is 2.33. The summed E-state index contributed by atoms with van der Waals surface area (Å²) in [6, 6.07) is 0. The summed E-state index contributed by atoms with van der Waals surface area (Å²) in [5.41, 5.74) is -0.0209. The third kappa shape index (κ3) is 3.13. The number of amides is 2. The van der Waals surface area contributed by atoms with Crippen molar-refractivity contribution in [3.63, 3.8) is 0 Å². The molecule has 0 bridgehead atoms. The van der Waals surface area contributed by atoms with Crippen LogP contribution in [0.1, 0.15) is 28.8 Å². The van der Waals surface area contributed by atoms with Crippen LogP contribution in [0.3, 0.4) is 0 Å². The van der Waals surface area contributed by atoms with Gasteiger partial charge in [0.05, 0.1) is 12.5 Å². The lowest BCUT2D eigenvalue weighted by atomic mass is 10.1. The average Bonchev–Trinajstić information content (AvgIpc) is 3.02. The Labute approximate surface area is 119 Å². The van der Waals surface area contributed by atoms with Crippen molar-refractivity contribution in [3.05, 3.63) is 16.1 Å². The number of rotatable bonds is 5. The zero-order chi connectivity index (χ0) is 14.7. The van der Waals surface area contributed by atoms with Gasteiger partial charge in [-0.1, -0.05) is 0 Å². The molecule has 0 radical (unpaired) electrons. The molecule has 0 spiro atoms. The molecule has 0 aliphatic carbocycles. The summed E-state index contributed by atoms with van der Waals surface area (Å²) in [5.74, 6) is -1.61. The molecule has 1 aliphatic heterocycles. The molecule has 1 aromatic rings.